The van der Waals surface area contributed by atoms with E-state index < -0.39 is 4.92 Å². The van der Waals surface area contributed by atoms with Gasteiger partial charge in [0.1, 0.15) is 5.56 Å². The van der Waals surface area contributed by atoms with Gasteiger partial charge in [0.25, 0.3) is 5.69 Å². The van der Waals surface area contributed by atoms with Gasteiger partial charge in [-0.3, -0.25) is 24.2 Å². The fraction of sp³-hybridized carbons (Fsp3) is 0.333. The van der Waals surface area contributed by atoms with Crippen LogP contribution in [0.5, 0.6) is 5.88 Å². The van der Waals surface area contributed by atoms with Gasteiger partial charge in [0.15, 0.2) is 11.0 Å². The molecule has 1 amide bonds. The first-order chi connectivity index (χ1) is 14.9. The SMILES string of the molecule is COCCn1c(SCC(=O)Nc2cccc([N+](=O)[O-])c2)nnc1-c1cn(C)nc1OC. The van der Waals surface area contributed by atoms with Gasteiger partial charge in [-0.05, 0) is 6.07 Å². The van der Waals surface area contributed by atoms with Crippen molar-refractivity contribution in [3.8, 4) is 17.3 Å². The number of benzene rings is 1. The van der Waals surface area contributed by atoms with Gasteiger partial charge in [-0.15, -0.1) is 15.3 Å². The van der Waals surface area contributed by atoms with Crippen LogP contribution in [0.4, 0.5) is 11.4 Å². The Labute approximate surface area is 181 Å². The van der Waals surface area contributed by atoms with E-state index in [-0.39, 0.29) is 17.3 Å². The summed E-state index contributed by atoms with van der Waals surface area (Å²) in [6.07, 6.45) is 1.77. The number of thioether (sulfide) groups is 1. The lowest BCUT2D eigenvalue weighted by Gasteiger charge is -2.09. The highest BCUT2D eigenvalue weighted by atomic mass is 32.2. The van der Waals surface area contributed by atoms with Crippen LogP contribution in [0.25, 0.3) is 11.4 Å². The number of nitro benzene ring substituents is 1. The highest BCUT2D eigenvalue weighted by Crippen LogP contribution is 2.30. The van der Waals surface area contributed by atoms with E-state index in [9.17, 15) is 14.9 Å². The second-order valence-corrected chi connectivity index (χ2v) is 7.26. The van der Waals surface area contributed by atoms with Crippen LogP contribution >= 0.6 is 11.8 Å². The summed E-state index contributed by atoms with van der Waals surface area (Å²) in [5, 5.41) is 26.8. The normalized spacial score (nSPS) is 10.8. The molecule has 164 valence electrons. The van der Waals surface area contributed by atoms with Gasteiger partial charge in [0, 0.05) is 38.2 Å². The Morgan fingerprint density at radius 2 is 2.13 bits per heavy atom. The van der Waals surface area contributed by atoms with Crippen LogP contribution in [0.15, 0.2) is 35.6 Å². The highest BCUT2D eigenvalue weighted by molar-refractivity contribution is 7.99. The lowest BCUT2D eigenvalue weighted by atomic mass is 10.3. The van der Waals surface area contributed by atoms with Crippen LogP contribution in [0.1, 0.15) is 0 Å². The number of hydrogen-bond acceptors (Lipinski definition) is 9. The standard InChI is InChI=1S/C18H21N7O5S/c1-23-10-14(17(22-23)30-3)16-20-21-18(24(16)7-8-29-2)31-11-15(26)19-12-5-4-6-13(9-12)25(27)28/h4-6,9-10H,7-8,11H2,1-3H3,(H,19,26). The smallest absolute Gasteiger partial charge is 0.271 e. The molecule has 0 saturated carbocycles. The number of amides is 1. The number of nitrogens with zero attached hydrogens (tertiary/aromatic N) is 6. The number of methoxy groups -OCH3 is 2. The molecule has 0 unspecified atom stereocenters. The van der Waals surface area contributed by atoms with Gasteiger partial charge in [-0.2, -0.15) is 0 Å². The number of nitro groups is 1. The largest absolute Gasteiger partial charge is 0.479 e. The number of carbonyl (C=O) groups is 1. The minimum Gasteiger partial charge on any atom is -0.479 e. The van der Waals surface area contributed by atoms with Gasteiger partial charge in [0.05, 0.1) is 30.9 Å². The predicted octanol–water partition coefficient (Wildman–Crippen LogP) is 1.97. The summed E-state index contributed by atoms with van der Waals surface area (Å²) in [6.45, 7) is 0.882. The molecule has 13 heteroatoms. The van der Waals surface area contributed by atoms with Crippen molar-refractivity contribution in [3.05, 3.63) is 40.6 Å². The zero-order valence-electron chi connectivity index (χ0n) is 17.1. The number of ether oxygens (including phenoxy) is 2. The van der Waals surface area contributed by atoms with Crippen LogP contribution in [0.3, 0.4) is 0 Å². The van der Waals surface area contributed by atoms with E-state index in [0.29, 0.717) is 41.3 Å². The first-order valence-electron chi connectivity index (χ1n) is 9.10. The predicted molar refractivity (Wildman–Crippen MR) is 113 cm³/mol. The Morgan fingerprint density at radius 1 is 1.32 bits per heavy atom. The molecule has 0 saturated heterocycles. The van der Waals surface area contributed by atoms with Crippen LogP contribution in [0.2, 0.25) is 0 Å². The number of aryl methyl sites for hydroxylation is 1. The molecule has 1 aromatic carbocycles. The molecule has 0 fully saturated rings. The number of hydrogen-bond donors (Lipinski definition) is 1. The molecule has 3 rings (SSSR count). The third kappa shape index (κ3) is 5.38. The first-order valence-corrected chi connectivity index (χ1v) is 10.1. The average Bonchev–Trinajstić information content (AvgIpc) is 3.33. The molecule has 31 heavy (non-hydrogen) atoms. The number of carbonyl (C=O) groups excluding carboxylic acids is 1. The average molecular weight is 447 g/mol. The Hall–Kier alpha value is -3.45. The maximum absolute atomic E-state index is 12.4. The van der Waals surface area contributed by atoms with Crippen molar-refractivity contribution in [3.63, 3.8) is 0 Å². The quantitative estimate of drug-likeness (QED) is 0.281. The molecule has 12 nitrogen and oxygen atoms in total. The van der Waals surface area contributed by atoms with Crippen LogP contribution in [-0.4, -0.2) is 62.0 Å². The van der Waals surface area contributed by atoms with Crippen molar-refractivity contribution >= 4 is 29.0 Å². The van der Waals surface area contributed by atoms with Gasteiger partial charge in [-0.1, -0.05) is 17.8 Å². The molecule has 0 aliphatic carbocycles. The molecule has 0 bridgehead atoms. The third-order valence-corrected chi connectivity index (χ3v) is 5.10. The maximum Gasteiger partial charge on any atom is 0.271 e. The second-order valence-electron chi connectivity index (χ2n) is 6.32. The molecular formula is C18H21N7O5S. The van der Waals surface area contributed by atoms with Crippen LogP contribution < -0.4 is 10.1 Å². The summed E-state index contributed by atoms with van der Waals surface area (Å²) in [5.74, 6) is 0.669. The Morgan fingerprint density at radius 3 is 2.84 bits per heavy atom. The molecular weight excluding hydrogens is 426 g/mol. The lowest BCUT2D eigenvalue weighted by Crippen LogP contribution is -2.15. The van der Waals surface area contributed by atoms with Crippen LogP contribution in [0, 0.1) is 10.1 Å². The number of rotatable bonds is 10. The van der Waals surface area contributed by atoms with Crippen molar-refractivity contribution in [1.29, 1.82) is 0 Å². The summed E-state index contributed by atoms with van der Waals surface area (Å²) in [5.41, 5.74) is 0.919. The highest BCUT2D eigenvalue weighted by Gasteiger charge is 2.21. The minimum absolute atomic E-state index is 0.0397. The monoisotopic (exact) mass is 447 g/mol. The second kappa shape index (κ2) is 10.0. The zero-order chi connectivity index (χ0) is 22.4. The van der Waals surface area contributed by atoms with Gasteiger partial charge < -0.3 is 14.8 Å². The van der Waals surface area contributed by atoms with Crippen molar-refractivity contribution < 1.29 is 19.2 Å². The van der Waals surface area contributed by atoms with E-state index in [2.05, 4.69) is 20.6 Å². The number of aromatic nitrogens is 5. The van der Waals surface area contributed by atoms with E-state index in [0.717, 1.165) is 0 Å². The first kappa shape index (κ1) is 22.2. The summed E-state index contributed by atoms with van der Waals surface area (Å²) >= 11 is 1.19. The Bertz CT molecular complexity index is 1080. The van der Waals surface area contributed by atoms with Gasteiger partial charge in [-0.25, -0.2) is 0 Å². The fourth-order valence-electron chi connectivity index (χ4n) is 2.78. The van der Waals surface area contributed by atoms with Gasteiger partial charge >= 0.3 is 0 Å². The van der Waals surface area contributed by atoms with E-state index >= 15 is 0 Å². The summed E-state index contributed by atoms with van der Waals surface area (Å²) < 4.78 is 13.9. The molecule has 2 aromatic heterocycles. The lowest BCUT2D eigenvalue weighted by molar-refractivity contribution is -0.384. The third-order valence-electron chi connectivity index (χ3n) is 4.14. The topological polar surface area (TPSA) is 139 Å². The van der Waals surface area contributed by atoms with E-state index in [1.807, 2.05) is 4.57 Å². The van der Waals surface area contributed by atoms with E-state index in [1.54, 1.807) is 31.1 Å². The molecule has 0 radical (unpaired) electrons. The molecule has 0 atom stereocenters. The Balaban J connectivity index is 1.75. The van der Waals surface area contributed by atoms with Crippen LogP contribution in [-0.2, 0) is 23.1 Å². The molecule has 0 aliphatic rings. The van der Waals surface area contributed by atoms with Crippen molar-refractivity contribution in [2.75, 3.05) is 31.9 Å². The molecule has 0 spiro atoms. The van der Waals surface area contributed by atoms with Gasteiger partial charge in [0.2, 0.25) is 11.8 Å². The minimum atomic E-state index is -0.517. The maximum atomic E-state index is 12.4. The number of nitrogens with one attached hydrogen (secondary N) is 1. The van der Waals surface area contributed by atoms with E-state index in [1.165, 1.54) is 37.1 Å². The summed E-state index contributed by atoms with van der Waals surface area (Å²) in [7, 11) is 4.89. The van der Waals surface area contributed by atoms with Crippen molar-refractivity contribution in [2.45, 2.75) is 11.7 Å². The zero-order valence-corrected chi connectivity index (χ0v) is 18.0. The number of non-ortho nitro benzene ring substituents is 1. The number of anilines is 1. The summed E-state index contributed by atoms with van der Waals surface area (Å²) in [6, 6.07) is 5.76. The van der Waals surface area contributed by atoms with Crippen molar-refractivity contribution in [2.24, 2.45) is 7.05 Å². The molecule has 3 aromatic rings. The fourth-order valence-corrected chi connectivity index (χ4v) is 3.54. The molecule has 0 aliphatic heterocycles. The molecule has 1 N–H and O–H groups in total. The van der Waals surface area contributed by atoms with Crippen molar-refractivity contribution in [1.82, 2.24) is 24.5 Å². The molecule has 2 heterocycles. The van der Waals surface area contributed by atoms with E-state index in [4.69, 9.17) is 9.47 Å². The summed E-state index contributed by atoms with van der Waals surface area (Å²) in [4.78, 5) is 22.7. The Kier molecular flexibility index (Phi) is 7.20.